The summed E-state index contributed by atoms with van der Waals surface area (Å²) in [4.78, 5) is 24.0. The molecule has 0 saturated carbocycles. The van der Waals surface area contributed by atoms with Crippen LogP contribution in [0.1, 0.15) is 25.5 Å². The quantitative estimate of drug-likeness (QED) is 0.232. The first-order chi connectivity index (χ1) is 13.6. The van der Waals surface area contributed by atoms with Gasteiger partial charge in [-0.3, -0.25) is 15.3 Å². The molecule has 29 heavy (non-hydrogen) atoms. The fraction of sp³-hybridized carbons (Fsp3) is 0.200. The number of phenolic OH excluding ortho intramolecular Hbond substituents is 1. The molecule has 4 N–H and O–H groups in total. The molecule has 0 radical (unpaired) electrons. The minimum Gasteiger partial charge on any atom is -0.506 e. The highest BCUT2D eigenvalue weighted by Gasteiger charge is 2.35. The van der Waals surface area contributed by atoms with Gasteiger partial charge in [-0.2, -0.15) is 0 Å². The zero-order chi connectivity index (χ0) is 21.6. The topological polar surface area (TPSA) is 108 Å². The standard InChI is InChI=1S/C20H20Br2N2O5/c1-20(2,9-8-16(25)24-28)18(14-10-12(21)11-15(22)17(14)26)29-19(27)23-13-6-4-3-5-7-13/h3-11,18,26,28H,1-2H3,(H,23,27)(H,24,25)/b9-8+/t18-/m0/s1. The van der Waals surface area contributed by atoms with Gasteiger partial charge in [-0.1, -0.05) is 54.1 Å². The Morgan fingerprint density at radius 3 is 2.45 bits per heavy atom. The Balaban J connectivity index is 2.41. The van der Waals surface area contributed by atoms with E-state index in [9.17, 15) is 14.7 Å². The molecule has 0 saturated heterocycles. The number of rotatable bonds is 6. The van der Waals surface area contributed by atoms with Gasteiger partial charge < -0.3 is 9.84 Å². The third-order valence-corrected chi connectivity index (χ3v) is 5.10. The first-order valence-corrected chi connectivity index (χ1v) is 10.1. The number of aromatic hydroxyl groups is 1. The number of amides is 2. The molecule has 2 aromatic rings. The smallest absolute Gasteiger partial charge is 0.412 e. The molecule has 2 aromatic carbocycles. The average molecular weight is 528 g/mol. The molecule has 0 aliphatic heterocycles. The second-order valence-corrected chi connectivity index (χ2v) is 8.50. The van der Waals surface area contributed by atoms with Crippen LogP contribution in [0.5, 0.6) is 5.75 Å². The molecule has 0 heterocycles. The number of hydrogen-bond acceptors (Lipinski definition) is 5. The number of carbonyl (C=O) groups is 2. The molecule has 0 bridgehead atoms. The number of ether oxygens (including phenoxy) is 1. The first kappa shape index (κ1) is 22.9. The predicted octanol–water partition coefficient (Wildman–Crippen LogP) is 5.29. The van der Waals surface area contributed by atoms with E-state index in [1.165, 1.54) is 11.6 Å². The van der Waals surface area contributed by atoms with Crippen LogP contribution in [0, 0.1) is 5.41 Å². The number of hydroxylamine groups is 1. The Labute approximate surface area is 185 Å². The molecule has 0 aliphatic rings. The number of phenols is 1. The molecule has 2 amide bonds. The summed E-state index contributed by atoms with van der Waals surface area (Å²) in [6, 6.07) is 12.1. The fourth-order valence-corrected chi connectivity index (χ4v) is 3.85. The van der Waals surface area contributed by atoms with Gasteiger partial charge in [0.15, 0.2) is 0 Å². The summed E-state index contributed by atoms with van der Waals surface area (Å²) >= 11 is 6.64. The van der Waals surface area contributed by atoms with Crippen molar-refractivity contribution in [2.45, 2.75) is 20.0 Å². The lowest BCUT2D eigenvalue weighted by Gasteiger charge is -2.32. The fourth-order valence-electron chi connectivity index (χ4n) is 2.59. The van der Waals surface area contributed by atoms with Crippen LogP contribution in [0.2, 0.25) is 0 Å². The molecular formula is C20H20Br2N2O5. The molecule has 0 aliphatic carbocycles. The van der Waals surface area contributed by atoms with E-state index in [0.717, 1.165) is 6.08 Å². The van der Waals surface area contributed by atoms with Crippen molar-refractivity contribution < 1.29 is 24.6 Å². The van der Waals surface area contributed by atoms with E-state index in [2.05, 4.69) is 37.2 Å². The Morgan fingerprint density at radius 2 is 1.83 bits per heavy atom. The van der Waals surface area contributed by atoms with Gasteiger partial charge in [0.1, 0.15) is 11.9 Å². The summed E-state index contributed by atoms with van der Waals surface area (Å²) in [5.74, 6) is -0.830. The minimum absolute atomic E-state index is 0.0983. The second-order valence-electron chi connectivity index (χ2n) is 6.73. The van der Waals surface area contributed by atoms with Crippen LogP contribution < -0.4 is 10.8 Å². The number of para-hydroxylation sites is 1. The van der Waals surface area contributed by atoms with Gasteiger partial charge in [0.05, 0.1) is 4.47 Å². The minimum atomic E-state index is -0.970. The van der Waals surface area contributed by atoms with E-state index in [-0.39, 0.29) is 5.75 Å². The number of benzene rings is 2. The van der Waals surface area contributed by atoms with Crippen molar-refractivity contribution in [3.8, 4) is 5.75 Å². The van der Waals surface area contributed by atoms with E-state index >= 15 is 0 Å². The van der Waals surface area contributed by atoms with Gasteiger partial charge in [-0.25, -0.2) is 10.3 Å². The van der Waals surface area contributed by atoms with E-state index in [1.54, 1.807) is 50.2 Å². The van der Waals surface area contributed by atoms with Crippen LogP contribution in [-0.2, 0) is 9.53 Å². The van der Waals surface area contributed by atoms with Crippen LogP contribution in [0.3, 0.4) is 0 Å². The molecular weight excluding hydrogens is 508 g/mol. The van der Waals surface area contributed by atoms with Crippen molar-refractivity contribution in [1.29, 1.82) is 0 Å². The normalized spacial score (nSPS) is 12.4. The van der Waals surface area contributed by atoms with Crippen LogP contribution in [0.25, 0.3) is 0 Å². The number of hydrogen-bond donors (Lipinski definition) is 4. The van der Waals surface area contributed by atoms with Crippen molar-refractivity contribution in [2.75, 3.05) is 5.32 Å². The summed E-state index contributed by atoms with van der Waals surface area (Å²) < 4.78 is 6.73. The predicted molar refractivity (Wildman–Crippen MR) is 116 cm³/mol. The van der Waals surface area contributed by atoms with Crippen LogP contribution in [0.4, 0.5) is 10.5 Å². The monoisotopic (exact) mass is 526 g/mol. The van der Waals surface area contributed by atoms with Gasteiger partial charge >= 0.3 is 6.09 Å². The molecule has 0 aromatic heterocycles. The number of anilines is 1. The van der Waals surface area contributed by atoms with Crippen molar-refractivity contribution in [1.82, 2.24) is 5.48 Å². The lowest BCUT2D eigenvalue weighted by atomic mass is 9.81. The summed E-state index contributed by atoms with van der Waals surface area (Å²) in [5.41, 5.74) is 1.45. The zero-order valence-electron chi connectivity index (χ0n) is 15.6. The van der Waals surface area contributed by atoms with Gasteiger partial charge in [0, 0.05) is 27.2 Å². The maximum absolute atomic E-state index is 12.5. The number of carbonyl (C=O) groups excluding carboxylic acids is 2. The highest BCUT2D eigenvalue weighted by atomic mass is 79.9. The molecule has 0 spiro atoms. The van der Waals surface area contributed by atoms with E-state index < -0.39 is 23.5 Å². The number of halogens is 2. The van der Waals surface area contributed by atoms with E-state index in [1.807, 2.05) is 6.07 Å². The Hall–Kier alpha value is -2.36. The van der Waals surface area contributed by atoms with Gasteiger partial charge in [0.2, 0.25) is 0 Å². The van der Waals surface area contributed by atoms with Crippen LogP contribution in [0.15, 0.2) is 63.6 Å². The lowest BCUT2D eigenvalue weighted by molar-refractivity contribution is -0.124. The summed E-state index contributed by atoms with van der Waals surface area (Å²) in [6.07, 6.45) is 0.899. The average Bonchev–Trinajstić information content (AvgIpc) is 2.68. The lowest BCUT2D eigenvalue weighted by Crippen LogP contribution is -2.28. The summed E-state index contributed by atoms with van der Waals surface area (Å²) in [6.45, 7) is 3.45. The third-order valence-electron chi connectivity index (χ3n) is 4.04. The molecule has 7 nitrogen and oxygen atoms in total. The molecule has 9 heteroatoms. The van der Waals surface area contributed by atoms with Crippen molar-refractivity contribution >= 4 is 49.5 Å². The van der Waals surface area contributed by atoms with E-state index in [4.69, 9.17) is 9.94 Å². The molecule has 1 atom stereocenters. The van der Waals surface area contributed by atoms with Gasteiger partial charge in [-0.05, 0) is 40.2 Å². The third kappa shape index (κ3) is 6.31. The van der Waals surface area contributed by atoms with Crippen molar-refractivity contribution in [2.24, 2.45) is 5.41 Å². The number of nitrogens with one attached hydrogen (secondary N) is 2. The van der Waals surface area contributed by atoms with E-state index in [0.29, 0.717) is 20.2 Å². The van der Waals surface area contributed by atoms with Gasteiger partial charge in [-0.15, -0.1) is 0 Å². The zero-order valence-corrected chi connectivity index (χ0v) is 18.8. The summed E-state index contributed by atoms with van der Waals surface area (Å²) in [5, 5.41) is 21.9. The SMILES string of the molecule is CC(C)(/C=C/C(=O)NO)[C@@H](OC(=O)Nc1ccccc1)c1cc(Br)cc(Br)c1O. The van der Waals surface area contributed by atoms with Crippen LogP contribution in [-0.4, -0.2) is 22.3 Å². The van der Waals surface area contributed by atoms with Crippen molar-refractivity contribution in [3.05, 3.63) is 69.1 Å². The Kier molecular flexibility index (Phi) is 7.83. The highest BCUT2D eigenvalue weighted by molar-refractivity contribution is 9.11. The molecule has 2 rings (SSSR count). The van der Waals surface area contributed by atoms with Gasteiger partial charge in [0.25, 0.3) is 5.91 Å². The largest absolute Gasteiger partial charge is 0.506 e. The molecule has 154 valence electrons. The summed E-state index contributed by atoms with van der Waals surface area (Å²) in [7, 11) is 0. The van der Waals surface area contributed by atoms with Crippen molar-refractivity contribution in [3.63, 3.8) is 0 Å². The second kappa shape index (κ2) is 9.91. The molecule has 0 fully saturated rings. The first-order valence-electron chi connectivity index (χ1n) is 8.48. The maximum atomic E-state index is 12.5. The maximum Gasteiger partial charge on any atom is 0.412 e. The Bertz CT molecular complexity index is 917. The highest BCUT2D eigenvalue weighted by Crippen LogP contribution is 2.45. The Morgan fingerprint density at radius 1 is 1.17 bits per heavy atom. The molecule has 0 unspecified atom stereocenters. The van der Waals surface area contributed by atoms with Crippen LogP contribution >= 0.6 is 31.9 Å².